The number of thioether (sulfide) groups is 1. The van der Waals surface area contributed by atoms with Crippen molar-refractivity contribution in [3.05, 3.63) is 18.2 Å². The van der Waals surface area contributed by atoms with Gasteiger partial charge >= 0.3 is 0 Å². The molecule has 3 aliphatic heterocycles. The number of carbonyl (C=O) groups excluding carboxylic acids is 1. The first-order valence-corrected chi connectivity index (χ1v) is 11.4. The van der Waals surface area contributed by atoms with E-state index in [9.17, 15) is 13.2 Å². The molecule has 1 saturated carbocycles. The Balaban J connectivity index is 1.54. The van der Waals surface area contributed by atoms with Gasteiger partial charge in [0.15, 0.2) is 26.5 Å². The van der Waals surface area contributed by atoms with E-state index in [1.165, 1.54) is 11.8 Å². The van der Waals surface area contributed by atoms with E-state index in [-0.39, 0.29) is 34.6 Å². The van der Waals surface area contributed by atoms with Crippen molar-refractivity contribution in [1.82, 2.24) is 0 Å². The lowest BCUT2D eigenvalue weighted by Gasteiger charge is -2.26. The average Bonchev–Trinajstić information content (AvgIpc) is 3.35. The Morgan fingerprint density at radius 1 is 1.15 bits per heavy atom. The van der Waals surface area contributed by atoms with Gasteiger partial charge in [0.05, 0.1) is 17.5 Å². The van der Waals surface area contributed by atoms with Gasteiger partial charge in [-0.3, -0.25) is 4.79 Å². The molecule has 1 amide bonds. The predicted molar refractivity (Wildman–Crippen MR) is 98.9 cm³/mol. The number of sulfone groups is 1. The van der Waals surface area contributed by atoms with Crippen molar-refractivity contribution in [1.29, 1.82) is 0 Å². The molecule has 1 aliphatic carbocycles. The van der Waals surface area contributed by atoms with Crippen molar-refractivity contribution in [3.63, 3.8) is 0 Å². The zero-order valence-corrected chi connectivity index (χ0v) is 15.6. The molecular formula is C17H18N2O5S2. The van der Waals surface area contributed by atoms with Crippen LogP contribution >= 0.6 is 11.8 Å². The summed E-state index contributed by atoms with van der Waals surface area (Å²) in [5.74, 6) is 1.45. The van der Waals surface area contributed by atoms with Crippen LogP contribution in [0.2, 0.25) is 0 Å². The van der Waals surface area contributed by atoms with E-state index in [0.29, 0.717) is 29.9 Å². The fraction of sp³-hybridized carbons (Fsp3) is 0.529. The minimum absolute atomic E-state index is 0.0365. The topological polar surface area (TPSA) is 85.3 Å². The molecule has 2 atom stereocenters. The summed E-state index contributed by atoms with van der Waals surface area (Å²) in [6, 6.07) is 5.34. The summed E-state index contributed by atoms with van der Waals surface area (Å²) in [6.07, 6.45) is 1.79. The molecule has 5 rings (SSSR count). The van der Waals surface area contributed by atoms with Crippen LogP contribution in [0.4, 0.5) is 5.69 Å². The Hall–Kier alpha value is -1.74. The number of ether oxygens (including phenoxy) is 2. The highest BCUT2D eigenvalue weighted by atomic mass is 32.2. The molecule has 0 radical (unpaired) electrons. The van der Waals surface area contributed by atoms with E-state index in [1.807, 2.05) is 23.1 Å². The maximum atomic E-state index is 12.2. The van der Waals surface area contributed by atoms with Gasteiger partial charge in [-0.15, -0.1) is 0 Å². The number of aliphatic imine (C=N–C) groups is 1. The number of amidine groups is 1. The number of nitrogens with zero attached hydrogens (tertiary/aromatic N) is 2. The zero-order valence-electron chi connectivity index (χ0n) is 14.0. The number of carbonyl (C=O) groups is 1. The highest BCUT2D eigenvalue weighted by molar-refractivity contribution is 8.16. The van der Waals surface area contributed by atoms with E-state index in [1.54, 1.807) is 0 Å². The van der Waals surface area contributed by atoms with Crippen LogP contribution < -0.4 is 14.4 Å². The summed E-state index contributed by atoms with van der Waals surface area (Å²) >= 11 is 1.40. The third-order valence-electron chi connectivity index (χ3n) is 5.00. The summed E-state index contributed by atoms with van der Waals surface area (Å²) in [4.78, 5) is 18.5. The summed E-state index contributed by atoms with van der Waals surface area (Å²) in [7, 11) is -3.08. The molecule has 26 heavy (non-hydrogen) atoms. The minimum atomic E-state index is -3.08. The second-order valence-corrected chi connectivity index (χ2v) is 10.4. The molecule has 0 aromatic heterocycles. The lowest BCUT2D eigenvalue weighted by molar-refractivity contribution is -0.118. The summed E-state index contributed by atoms with van der Waals surface area (Å²) in [5.41, 5.74) is 0.786. The van der Waals surface area contributed by atoms with Crippen LogP contribution in [0.1, 0.15) is 12.8 Å². The molecule has 9 heteroatoms. The minimum Gasteiger partial charge on any atom is -0.486 e. The largest absolute Gasteiger partial charge is 0.486 e. The number of hydrogen-bond donors (Lipinski definition) is 0. The Kier molecular flexibility index (Phi) is 3.72. The number of benzene rings is 1. The first-order chi connectivity index (χ1) is 12.5. The van der Waals surface area contributed by atoms with Crippen LogP contribution in [0.15, 0.2) is 23.2 Å². The van der Waals surface area contributed by atoms with Crippen LogP contribution in [0.25, 0.3) is 0 Å². The standard InChI is InChI=1S/C17H18N2O5S2/c20-16(10-1-2-10)18-17-19(12-8-26(21,22)9-15(12)25-17)11-3-4-13-14(7-11)24-6-5-23-13/h3-4,7,10,12,15H,1-2,5-6,8-9H2/t12-,15+/m0/s1. The van der Waals surface area contributed by atoms with Gasteiger partial charge in [-0.2, -0.15) is 4.99 Å². The molecule has 1 aromatic carbocycles. The van der Waals surface area contributed by atoms with Crippen molar-refractivity contribution in [3.8, 4) is 11.5 Å². The molecule has 3 fully saturated rings. The number of anilines is 1. The molecule has 7 nitrogen and oxygen atoms in total. The molecule has 0 N–H and O–H groups in total. The van der Waals surface area contributed by atoms with Crippen LogP contribution in [-0.4, -0.2) is 55.5 Å². The molecule has 3 heterocycles. The molecule has 138 valence electrons. The fourth-order valence-electron chi connectivity index (χ4n) is 3.56. The Morgan fingerprint density at radius 2 is 1.92 bits per heavy atom. The van der Waals surface area contributed by atoms with Crippen LogP contribution in [0.3, 0.4) is 0 Å². The van der Waals surface area contributed by atoms with E-state index in [4.69, 9.17) is 9.47 Å². The van der Waals surface area contributed by atoms with Gasteiger partial charge < -0.3 is 14.4 Å². The SMILES string of the molecule is O=C(N=C1S[C@@H]2CS(=O)(=O)C[C@@H]2N1c1ccc2c(c1)OCCO2)C1CC1. The lowest BCUT2D eigenvalue weighted by atomic mass is 10.2. The Morgan fingerprint density at radius 3 is 2.69 bits per heavy atom. The van der Waals surface area contributed by atoms with Crippen molar-refractivity contribution in [2.24, 2.45) is 10.9 Å². The van der Waals surface area contributed by atoms with Gasteiger partial charge in [0, 0.05) is 22.9 Å². The second kappa shape index (κ2) is 5.88. The van der Waals surface area contributed by atoms with Crippen LogP contribution in [-0.2, 0) is 14.6 Å². The first-order valence-electron chi connectivity index (χ1n) is 8.69. The van der Waals surface area contributed by atoms with Crippen molar-refractivity contribution in [2.75, 3.05) is 29.6 Å². The van der Waals surface area contributed by atoms with E-state index < -0.39 is 9.84 Å². The predicted octanol–water partition coefficient (Wildman–Crippen LogP) is 1.47. The van der Waals surface area contributed by atoms with E-state index in [0.717, 1.165) is 18.5 Å². The Bertz CT molecular complexity index is 910. The van der Waals surface area contributed by atoms with Gasteiger partial charge in [-0.25, -0.2) is 8.42 Å². The monoisotopic (exact) mass is 394 g/mol. The average molecular weight is 394 g/mol. The van der Waals surface area contributed by atoms with Crippen molar-refractivity contribution < 1.29 is 22.7 Å². The molecule has 0 spiro atoms. The van der Waals surface area contributed by atoms with Crippen LogP contribution in [0, 0.1) is 5.92 Å². The Labute approximate surface area is 155 Å². The highest BCUT2D eigenvalue weighted by Crippen LogP contribution is 2.44. The van der Waals surface area contributed by atoms with Crippen molar-refractivity contribution >= 4 is 38.4 Å². The third-order valence-corrected chi connectivity index (χ3v) is 8.21. The van der Waals surface area contributed by atoms with Gasteiger partial charge in [0.1, 0.15) is 13.2 Å². The van der Waals surface area contributed by atoms with Crippen LogP contribution in [0.5, 0.6) is 11.5 Å². The molecule has 2 saturated heterocycles. The smallest absolute Gasteiger partial charge is 0.251 e. The van der Waals surface area contributed by atoms with Crippen molar-refractivity contribution in [2.45, 2.75) is 24.1 Å². The summed E-state index contributed by atoms with van der Waals surface area (Å²) in [6.45, 7) is 0.990. The summed E-state index contributed by atoms with van der Waals surface area (Å²) in [5, 5.41) is 0.502. The normalized spacial score (nSPS) is 30.5. The number of hydrogen-bond acceptors (Lipinski definition) is 6. The third kappa shape index (κ3) is 2.87. The van der Waals surface area contributed by atoms with E-state index >= 15 is 0 Å². The van der Waals surface area contributed by atoms with Gasteiger partial charge in [0.2, 0.25) is 0 Å². The van der Waals surface area contributed by atoms with Gasteiger partial charge in [-0.1, -0.05) is 11.8 Å². The zero-order chi connectivity index (χ0) is 17.9. The fourth-order valence-corrected chi connectivity index (χ4v) is 7.48. The second-order valence-electron chi connectivity index (χ2n) is 7.01. The lowest BCUT2D eigenvalue weighted by Crippen LogP contribution is -2.37. The molecule has 1 aromatic rings. The highest BCUT2D eigenvalue weighted by Gasteiger charge is 2.49. The number of fused-ring (bicyclic) bond motifs is 2. The maximum absolute atomic E-state index is 12.2. The number of rotatable bonds is 2. The maximum Gasteiger partial charge on any atom is 0.251 e. The molecule has 4 aliphatic rings. The first kappa shape index (κ1) is 16.4. The van der Waals surface area contributed by atoms with Gasteiger partial charge in [0.25, 0.3) is 5.91 Å². The summed E-state index contributed by atoms with van der Waals surface area (Å²) < 4.78 is 35.4. The van der Waals surface area contributed by atoms with Gasteiger partial charge in [-0.05, 0) is 25.0 Å². The number of amides is 1. The molecular weight excluding hydrogens is 376 g/mol. The molecule has 0 bridgehead atoms. The quantitative estimate of drug-likeness (QED) is 0.751. The molecule has 0 unspecified atom stereocenters. The van der Waals surface area contributed by atoms with E-state index in [2.05, 4.69) is 4.99 Å².